The minimum atomic E-state index is -0.366. The fraction of sp³-hybridized carbons (Fsp3) is 0.143. The molecule has 0 nitrogen and oxygen atoms in total. The SMILES string of the molecule is CSc1c(F)cc(Cl)cc1Cl. The zero-order valence-electron chi connectivity index (χ0n) is 5.70. The Morgan fingerprint density at radius 1 is 1.36 bits per heavy atom. The van der Waals surface area contributed by atoms with Gasteiger partial charge in [-0.3, -0.25) is 0 Å². The third kappa shape index (κ3) is 2.01. The van der Waals surface area contributed by atoms with Crippen LogP contribution in [0.25, 0.3) is 0 Å². The van der Waals surface area contributed by atoms with Crippen molar-refractivity contribution in [1.29, 1.82) is 0 Å². The summed E-state index contributed by atoms with van der Waals surface area (Å²) in [6.45, 7) is 0. The molecule has 0 radical (unpaired) electrons. The van der Waals surface area contributed by atoms with Crippen LogP contribution in [0.4, 0.5) is 4.39 Å². The lowest BCUT2D eigenvalue weighted by Gasteiger charge is -2.01. The average molecular weight is 211 g/mol. The molecule has 1 rings (SSSR count). The van der Waals surface area contributed by atoms with Crippen LogP contribution in [0.3, 0.4) is 0 Å². The molecule has 0 bridgehead atoms. The highest BCUT2D eigenvalue weighted by Crippen LogP contribution is 2.30. The molecule has 0 amide bonds. The number of hydrogen-bond acceptors (Lipinski definition) is 1. The van der Waals surface area contributed by atoms with Crippen molar-refractivity contribution in [3.8, 4) is 0 Å². The number of rotatable bonds is 1. The molecule has 0 saturated heterocycles. The van der Waals surface area contributed by atoms with Gasteiger partial charge < -0.3 is 0 Å². The smallest absolute Gasteiger partial charge is 0.139 e. The Hall–Kier alpha value is 0.0800. The van der Waals surface area contributed by atoms with Crippen molar-refractivity contribution < 1.29 is 4.39 Å². The van der Waals surface area contributed by atoms with E-state index in [1.54, 1.807) is 6.26 Å². The predicted molar refractivity (Wildman–Crippen MR) is 48.2 cm³/mol. The van der Waals surface area contributed by atoms with Gasteiger partial charge in [-0.25, -0.2) is 4.39 Å². The Kier molecular flexibility index (Phi) is 3.05. The van der Waals surface area contributed by atoms with E-state index in [9.17, 15) is 4.39 Å². The lowest BCUT2D eigenvalue weighted by molar-refractivity contribution is 0.602. The van der Waals surface area contributed by atoms with Crippen LogP contribution in [-0.4, -0.2) is 6.26 Å². The fourth-order valence-electron chi connectivity index (χ4n) is 0.724. The van der Waals surface area contributed by atoms with Crippen LogP contribution >= 0.6 is 35.0 Å². The van der Waals surface area contributed by atoms with Gasteiger partial charge in [0.05, 0.1) is 9.92 Å². The topological polar surface area (TPSA) is 0 Å². The van der Waals surface area contributed by atoms with E-state index < -0.39 is 0 Å². The van der Waals surface area contributed by atoms with E-state index >= 15 is 0 Å². The molecule has 1 aromatic rings. The molecule has 0 aromatic heterocycles. The first-order valence-corrected chi connectivity index (χ1v) is 4.81. The van der Waals surface area contributed by atoms with Crippen LogP contribution in [0, 0.1) is 5.82 Å². The van der Waals surface area contributed by atoms with Gasteiger partial charge in [-0.1, -0.05) is 23.2 Å². The molecule has 0 unspecified atom stereocenters. The second kappa shape index (κ2) is 3.65. The van der Waals surface area contributed by atoms with Gasteiger partial charge in [0.1, 0.15) is 5.82 Å². The molecular weight excluding hydrogens is 206 g/mol. The quantitative estimate of drug-likeness (QED) is 0.635. The van der Waals surface area contributed by atoms with E-state index in [2.05, 4.69) is 0 Å². The van der Waals surface area contributed by atoms with E-state index in [0.29, 0.717) is 14.9 Å². The van der Waals surface area contributed by atoms with E-state index in [-0.39, 0.29) is 5.82 Å². The van der Waals surface area contributed by atoms with Gasteiger partial charge in [-0.2, -0.15) is 0 Å². The Morgan fingerprint density at radius 3 is 2.45 bits per heavy atom. The first-order valence-electron chi connectivity index (χ1n) is 2.83. The third-order valence-corrected chi connectivity index (χ3v) is 2.62. The Morgan fingerprint density at radius 2 is 2.00 bits per heavy atom. The zero-order valence-corrected chi connectivity index (χ0v) is 8.03. The zero-order chi connectivity index (χ0) is 8.43. The van der Waals surface area contributed by atoms with Crippen molar-refractivity contribution in [3.05, 3.63) is 28.0 Å². The number of thioether (sulfide) groups is 1. The number of benzene rings is 1. The molecule has 0 fully saturated rings. The van der Waals surface area contributed by atoms with Gasteiger partial charge in [0, 0.05) is 5.02 Å². The minimum absolute atomic E-state index is 0.324. The predicted octanol–water partition coefficient (Wildman–Crippen LogP) is 3.85. The summed E-state index contributed by atoms with van der Waals surface area (Å²) in [4.78, 5) is 0.441. The summed E-state index contributed by atoms with van der Waals surface area (Å²) in [7, 11) is 0. The molecule has 0 N–H and O–H groups in total. The first-order chi connectivity index (χ1) is 5.15. The van der Waals surface area contributed by atoms with E-state index in [0.717, 1.165) is 0 Å². The maximum atomic E-state index is 12.9. The molecule has 11 heavy (non-hydrogen) atoms. The van der Waals surface area contributed by atoms with Crippen molar-refractivity contribution in [2.24, 2.45) is 0 Å². The second-order valence-electron chi connectivity index (χ2n) is 1.90. The van der Waals surface area contributed by atoms with E-state index in [1.165, 1.54) is 23.9 Å². The lowest BCUT2D eigenvalue weighted by atomic mass is 10.3. The van der Waals surface area contributed by atoms with Crippen LogP contribution in [0.5, 0.6) is 0 Å². The van der Waals surface area contributed by atoms with Gasteiger partial charge in [-0.15, -0.1) is 11.8 Å². The molecule has 0 aliphatic rings. The molecule has 4 heteroatoms. The van der Waals surface area contributed by atoms with E-state index in [1.807, 2.05) is 0 Å². The largest absolute Gasteiger partial charge is 0.206 e. The van der Waals surface area contributed by atoms with Crippen molar-refractivity contribution in [1.82, 2.24) is 0 Å². The van der Waals surface area contributed by atoms with Crippen LogP contribution in [0.15, 0.2) is 17.0 Å². The standard InChI is InChI=1S/C7H5Cl2FS/c1-11-7-5(9)2-4(8)3-6(7)10/h2-3H,1H3. The molecule has 0 aliphatic carbocycles. The van der Waals surface area contributed by atoms with Crippen LogP contribution in [0.2, 0.25) is 10.0 Å². The summed E-state index contributed by atoms with van der Waals surface area (Å²) in [6, 6.07) is 2.78. The normalized spacial score (nSPS) is 10.2. The summed E-state index contributed by atoms with van der Waals surface area (Å²) in [5.41, 5.74) is 0. The van der Waals surface area contributed by atoms with Crippen LogP contribution in [0.1, 0.15) is 0 Å². The molecule has 0 atom stereocenters. The van der Waals surface area contributed by atoms with Crippen LogP contribution in [-0.2, 0) is 0 Å². The maximum absolute atomic E-state index is 12.9. The van der Waals surface area contributed by atoms with Crippen molar-refractivity contribution in [2.45, 2.75) is 4.90 Å². The maximum Gasteiger partial charge on any atom is 0.139 e. The number of halogens is 3. The molecule has 0 spiro atoms. The van der Waals surface area contributed by atoms with E-state index in [4.69, 9.17) is 23.2 Å². The van der Waals surface area contributed by atoms with Gasteiger partial charge in [-0.05, 0) is 18.4 Å². The Labute approximate surface area is 78.7 Å². The van der Waals surface area contributed by atoms with Gasteiger partial charge >= 0.3 is 0 Å². The summed E-state index contributed by atoms with van der Waals surface area (Å²) in [6.07, 6.45) is 1.76. The van der Waals surface area contributed by atoms with Gasteiger partial charge in [0.2, 0.25) is 0 Å². The highest BCUT2D eigenvalue weighted by atomic mass is 35.5. The molecular formula is C7H5Cl2FS. The highest BCUT2D eigenvalue weighted by molar-refractivity contribution is 7.98. The van der Waals surface area contributed by atoms with Crippen LogP contribution < -0.4 is 0 Å². The van der Waals surface area contributed by atoms with Gasteiger partial charge in [0.25, 0.3) is 0 Å². The third-order valence-electron chi connectivity index (χ3n) is 1.17. The summed E-state index contributed by atoms with van der Waals surface area (Å²) < 4.78 is 12.9. The summed E-state index contributed by atoms with van der Waals surface area (Å²) in [5.74, 6) is -0.366. The highest BCUT2D eigenvalue weighted by Gasteiger charge is 2.06. The molecule has 0 heterocycles. The Bertz CT molecular complexity index is 252. The van der Waals surface area contributed by atoms with Gasteiger partial charge in [0.15, 0.2) is 0 Å². The number of hydrogen-bond donors (Lipinski definition) is 0. The first kappa shape index (κ1) is 9.17. The summed E-state index contributed by atoms with van der Waals surface area (Å²) in [5, 5.41) is 0.688. The Balaban J connectivity index is 3.25. The lowest BCUT2D eigenvalue weighted by Crippen LogP contribution is -1.81. The molecule has 60 valence electrons. The summed E-state index contributed by atoms with van der Waals surface area (Å²) >= 11 is 12.5. The molecule has 0 aliphatic heterocycles. The van der Waals surface area contributed by atoms with Crippen molar-refractivity contribution >= 4 is 35.0 Å². The van der Waals surface area contributed by atoms with Crippen molar-refractivity contribution in [2.75, 3.05) is 6.26 Å². The molecule has 0 saturated carbocycles. The fourth-order valence-corrected chi connectivity index (χ4v) is 1.93. The second-order valence-corrected chi connectivity index (χ2v) is 3.56. The molecule has 1 aromatic carbocycles. The van der Waals surface area contributed by atoms with Crippen molar-refractivity contribution in [3.63, 3.8) is 0 Å². The monoisotopic (exact) mass is 210 g/mol. The average Bonchev–Trinajstić information content (AvgIpc) is 1.85. The minimum Gasteiger partial charge on any atom is -0.206 e.